The van der Waals surface area contributed by atoms with Gasteiger partial charge in [0.25, 0.3) is 0 Å². The predicted octanol–water partition coefficient (Wildman–Crippen LogP) is 3.79. The van der Waals surface area contributed by atoms with Crippen LogP contribution in [0.4, 0.5) is 8.78 Å². The number of halogens is 3. The second kappa shape index (κ2) is 6.41. The standard InChI is InChI=1S/C15H14BrF2NO2/c1-20-13-6-10(12(18)7-14(13)21-2)15(19)9-4-3-8(17)5-11(9)16/h3-7,15H,19H2,1-2H3. The highest BCUT2D eigenvalue weighted by atomic mass is 79.9. The molecule has 0 saturated heterocycles. The normalized spacial score (nSPS) is 12.1. The summed E-state index contributed by atoms with van der Waals surface area (Å²) in [6.45, 7) is 0. The number of ether oxygens (including phenoxy) is 2. The Balaban J connectivity index is 2.50. The van der Waals surface area contributed by atoms with Crippen molar-refractivity contribution in [1.82, 2.24) is 0 Å². The molecular formula is C15H14BrF2NO2. The minimum Gasteiger partial charge on any atom is -0.493 e. The first-order valence-electron chi connectivity index (χ1n) is 6.10. The van der Waals surface area contributed by atoms with Gasteiger partial charge in [0.2, 0.25) is 0 Å². The Morgan fingerprint density at radius 1 is 1.00 bits per heavy atom. The molecule has 0 saturated carbocycles. The molecule has 0 fully saturated rings. The van der Waals surface area contributed by atoms with E-state index in [4.69, 9.17) is 15.2 Å². The predicted molar refractivity (Wildman–Crippen MR) is 79.6 cm³/mol. The molecule has 0 amide bonds. The first-order valence-corrected chi connectivity index (χ1v) is 6.89. The van der Waals surface area contributed by atoms with Crippen LogP contribution in [0, 0.1) is 11.6 Å². The van der Waals surface area contributed by atoms with Gasteiger partial charge in [0.15, 0.2) is 11.5 Å². The SMILES string of the molecule is COc1cc(F)c(C(N)c2ccc(F)cc2Br)cc1OC. The topological polar surface area (TPSA) is 44.5 Å². The van der Waals surface area contributed by atoms with E-state index in [0.29, 0.717) is 15.8 Å². The fourth-order valence-corrected chi connectivity index (χ4v) is 2.63. The lowest BCUT2D eigenvalue weighted by molar-refractivity contribution is 0.351. The fourth-order valence-electron chi connectivity index (χ4n) is 2.03. The van der Waals surface area contributed by atoms with Gasteiger partial charge in [0, 0.05) is 16.1 Å². The quantitative estimate of drug-likeness (QED) is 0.905. The van der Waals surface area contributed by atoms with Crippen molar-refractivity contribution >= 4 is 15.9 Å². The van der Waals surface area contributed by atoms with Crippen LogP contribution >= 0.6 is 15.9 Å². The molecule has 2 N–H and O–H groups in total. The zero-order chi connectivity index (χ0) is 15.6. The summed E-state index contributed by atoms with van der Waals surface area (Å²) < 4.78 is 38.0. The smallest absolute Gasteiger partial charge is 0.163 e. The summed E-state index contributed by atoms with van der Waals surface area (Å²) in [5.41, 5.74) is 6.90. The third-order valence-electron chi connectivity index (χ3n) is 3.14. The minimum atomic E-state index is -0.764. The zero-order valence-corrected chi connectivity index (χ0v) is 13.1. The van der Waals surface area contributed by atoms with Crippen LogP contribution in [0.5, 0.6) is 11.5 Å². The van der Waals surface area contributed by atoms with E-state index in [1.807, 2.05) is 0 Å². The monoisotopic (exact) mass is 357 g/mol. The van der Waals surface area contributed by atoms with E-state index in [9.17, 15) is 8.78 Å². The average Bonchev–Trinajstić information content (AvgIpc) is 2.46. The summed E-state index contributed by atoms with van der Waals surface area (Å²) in [7, 11) is 2.88. The fraction of sp³-hybridized carbons (Fsp3) is 0.200. The number of methoxy groups -OCH3 is 2. The van der Waals surface area contributed by atoms with Crippen LogP contribution in [-0.4, -0.2) is 14.2 Å². The second-order valence-corrected chi connectivity index (χ2v) is 5.23. The van der Waals surface area contributed by atoms with Crippen molar-refractivity contribution in [3.63, 3.8) is 0 Å². The Kier molecular flexibility index (Phi) is 4.80. The van der Waals surface area contributed by atoms with Gasteiger partial charge in [-0.2, -0.15) is 0 Å². The molecule has 0 radical (unpaired) electrons. The van der Waals surface area contributed by atoms with Gasteiger partial charge in [-0.25, -0.2) is 8.78 Å². The molecule has 0 aliphatic heterocycles. The Hall–Kier alpha value is -1.66. The lowest BCUT2D eigenvalue weighted by Gasteiger charge is -2.17. The maximum absolute atomic E-state index is 14.2. The van der Waals surface area contributed by atoms with Crippen LogP contribution < -0.4 is 15.2 Å². The molecule has 112 valence electrons. The van der Waals surface area contributed by atoms with Crippen molar-refractivity contribution in [1.29, 1.82) is 0 Å². The van der Waals surface area contributed by atoms with E-state index < -0.39 is 17.7 Å². The van der Waals surface area contributed by atoms with E-state index in [1.165, 1.54) is 44.6 Å². The third-order valence-corrected chi connectivity index (χ3v) is 3.82. The Morgan fingerprint density at radius 3 is 2.19 bits per heavy atom. The van der Waals surface area contributed by atoms with Crippen LogP contribution in [0.3, 0.4) is 0 Å². The molecule has 0 bridgehead atoms. The molecule has 0 aromatic heterocycles. The van der Waals surface area contributed by atoms with E-state index in [2.05, 4.69) is 15.9 Å². The molecule has 6 heteroatoms. The number of benzene rings is 2. The zero-order valence-electron chi connectivity index (χ0n) is 11.5. The molecule has 0 spiro atoms. The van der Waals surface area contributed by atoms with Crippen molar-refractivity contribution in [2.75, 3.05) is 14.2 Å². The van der Waals surface area contributed by atoms with E-state index in [-0.39, 0.29) is 11.3 Å². The van der Waals surface area contributed by atoms with Crippen molar-refractivity contribution < 1.29 is 18.3 Å². The molecule has 3 nitrogen and oxygen atoms in total. The molecule has 21 heavy (non-hydrogen) atoms. The molecule has 0 aliphatic carbocycles. The summed E-state index contributed by atoms with van der Waals surface area (Å²) in [5.74, 6) is -0.256. The van der Waals surface area contributed by atoms with Gasteiger partial charge >= 0.3 is 0 Å². The van der Waals surface area contributed by atoms with Gasteiger partial charge in [-0.1, -0.05) is 22.0 Å². The average molecular weight is 358 g/mol. The summed E-state index contributed by atoms with van der Waals surface area (Å²) in [6, 6.07) is 6.01. The Bertz CT molecular complexity index is 664. The summed E-state index contributed by atoms with van der Waals surface area (Å²) in [6.07, 6.45) is 0. The van der Waals surface area contributed by atoms with Crippen molar-refractivity contribution in [2.45, 2.75) is 6.04 Å². The molecule has 0 aliphatic rings. The van der Waals surface area contributed by atoms with Crippen LogP contribution in [0.2, 0.25) is 0 Å². The highest BCUT2D eigenvalue weighted by Crippen LogP contribution is 2.35. The second-order valence-electron chi connectivity index (χ2n) is 4.37. The molecular weight excluding hydrogens is 344 g/mol. The van der Waals surface area contributed by atoms with Gasteiger partial charge in [-0.05, 0) is 23.8 Å². The highest BCUT2D eigenvalue weighted by molar-refractivity contribution is 9.10. The lowest BCUT2D eigenvalue weighted by Crippen LogP contribution is -2.15. The van der Waals surface area contributed by atoms with Crippen LogP contribution in [0.1, 0.15) is 17.2 Å². The van der Waals surface area contributed by atoms with Crippen molar-refractivity contribution in [3.8, 4) is 11.5 Å². The van der Waals surface area contributed by atoms with Gasteiger partial charge in [-0.15, -0.1) is 0 Å². The van der Waals surface area contributed by atoms with Crippen molar-refractivity contribution in [2.24, 2.45) is 5.73 Å². The summed E-state index contributed by atoms with van der Waals surface area (Å²) in [4.78, 5) is 0. The largest absolute Gasteiger partial charge is 0.493 e. The van der Waals surface area contributed by atoms with E-state index in [1.54, 1.807) is 0 Å². The number of hydrogen-bond acceptors (Lipinski definition) is 3. The maximum Gasteiger partial charge on any atom is 0.163 e. The van der Waals surface area contributed by atoms with Crippen LogP contribution in [0.25, 0.3) is 0 Å². The summed E-state index contributed by atoms with van der Waals surface area (Å²) >= 11 is 3.23. The molecule has 2 aromatic carbocycles. The first kappa shape index (κ1) is 15.7. The third kappa shape index (κ3) is 3.16. The molecule has 2 rings (SSSR count). The number of rotatable bonds is 4. The molecule has 1 atom stereocenters. The van der Waals surface area contributed by atoms with Crippen LogP contribution in [0.15, 0.2) is 34.8 Å². The Labute approximate surface area is 129 Å². The highest BCUT2D eigenvalue weighted by Gasteiger charge is 2.20. The van der Waals surface area contributed by atoms with Gasteiger partial charge in [0.05, 0.1) is 20.3 Å². The van der Waals surface area contributed by atoms with Gasteiger partial charge in [0.1, 0.15) is 11.6 Å². The summed E-state index contributed by atoms with van der Waals surface area (Å²) in [5, 5.41) is 0. The molecule has 1 unspecified atom stereocenters. The first-order chi connectivity index (χ1) is 9.97. The molecule has 2 aromatic rings. The van der Waals surface area contributed by atoms with E-state index >= 15 is 0 Å². The Morgan fingerprint density at radius 2 is 1.62 bits per heavy atom. The number of nitrogens with two attached hydrogens (primary N) is 1. The minimum absolute atomic E-state index is 0.236. The van der Waals surface area contributed by atoms with Gasteiger partial charge < -0.3 is 15.2 Å². The lowest BCUT2D eigenvalue weighted by atomic mass is 9.98. The van der Waals surface area contributed by atoms with Crippen molar-refractivity contribution in [3.05, 3.63) is 57.6 Å². The van der Waals surface area contributed by atoms with Gasteiger partial charge in [-0.3, -0.25) is 0 Å². The van der Waals surface area contributed by atoms with E-state index in [0.717, 1.165) is 0 Å². The maximum atomic E-state index is 14.2. The molecule has 0 heterocycles. The number of hydrogen-bond donors (Lipinski definition) is 1. The van der Waals surface area contributed by atoms with Crippen LogP contribution in [-0.2, 0) is 0 Å².